The lowest BCUT2D eigenvalue weighted by atomic mass is 10.1. The van der Waals surface area contributed by atoms with Crippen molar-refractivity contribution in [1.82, 2.24) is 0 Å². The summed E-state index contributed by atoms with van der Waals surface area (Å²) in [6, 6.07) is 10.5. The number of nitriles is 2. The van der Waals surface area contributed by atoms with Gasteiger partial charge in [0.25, 0.3) is 0 Å². The Morgan fingerprint density at radius 2 is 2.06 bits per heavy atom. The van der Waals surface area contributed by atoms with Crippen LogP contribution in [-0.2, 0) is 0 Å². The average Bonchev–Trinajstić information content (AvgIpc) is 2.30. The smallest absolute Gasteiger partial charge is 0.176 e. The first-order chi connectivity index (χ1) is 7.77. The molecule has 0 spiro atoms. The van der Waals surface area contributed by atoms with Crippen LogP contribution in [0, 0.1) is 34.5 Å². The monoisotopic (exact) mass is 208 g/mol. The number of hydrogen-bond acceptors (Lipinski definition) is 3. The highest BCUT2D eigenvalue weighted by atomic mass is 16.1. The van der Waals surface area contributed by atoms with Crippen molar-refractivity contribution >= 4 is 5.78 Å². The topological polar surface area (TPSA) is 64.7 Å². The molecule has 3 heteroatoms. The van der Waals surface area contributed by atoms with Crippen molar-refractivity contribution in [3.8, 4) is 24.0 Å². The first-order valence-corrected chi connectivity index (χ1v) is 4.64. The van der Waals surface area contributed by atoms with Gasteiger partial charge in [0.1, 0.15) is 0 Å². The fraction of sp³-hybridized carbons (Fsp3) is 0.154. The highest BCUT2D eigenvalue weighted by molar-refractivity contribution is 5.97. The molecule has 1 aromatic rings. The molecule has 0 saturated heterocycles. The minimum Gasteiger partial charge on any atom is -0.293 e. The van der Waals surface area contributed by atoms with E-state index in [4.69, 9.17) is 10.5 Å². The lowest BCUT2D eigenvalue weighted by molar-refractivity contribution is 0.0997. The number of hydrogen-bond donors (Lipinski definition) is 0. The normalized spacial score (nSPS) is 8.12. The highest BCUT2D eigenvalue weighted by Crippen LogP contribution is 2.06. The van der Waals surface area contributed by atoms with Crippen LogP contribution in [0.15, 0.2) is 24.3 Å². The van der Waals surface area contributed by atoms with E-state index in [1.54, 1.807) is 24.3 Å². The quantitative estimate of drug-likeness (QED) is 0.551. The molecule has 0 amide bonds. The summed E-state index contributed by atoms with van der Waals surface area (Å²) in [6.45, 7) is 0. The molecule has 0 aliphatic rings. The number of carbonyl (C=O) groups is 1. The molecule has 1 aromatic carbocycles. The van der Waals surface area contributed by atoms with E-state index in [0.29, 0.717) is 11.1 Å². The van der Waals surface area contributed by atoms with Crippen LogP contribution in [-0.4, -0.2) is 5.78 Å². The number of ketones is 1. The van der Waals surface area contributed by atoms with Crippen LogP contribution in [0.4, 0.5) is 0 Å². The molecule has 0 radical (unpaired) electrons. The first-order valence-electron chi connectivity index (χ1n) is 4.64. The maximum atomic E-state index is 11.4. The molecule has 16 heavy (non-hydrogen) atoms. The lowest BCUT2D eigenvalue weighted by Crippen LogP contribution is -1.97. The van der Waals surface area contributed by atoms with Crippen LogP contribution < -0.4 is 0 Å². The van der Waals surface area contributed by atoms with Gasteiger partial charge in [-0.05, 0) is 12.1 Å². The average molecular weight is 208 g/mol. The Labute approximate surface area is 93.9 Å². The van der Waals surface area contributed by atoms with E-state index in [9.17, 15) is 4.79 Å². The third-order valence-corrected chi connectivity index (χ3v) is 1.82. The summed E-state index contributed by atoms with van der Waals surface area (Å²) in [4.78, 5) is 11.4. The second kappa shape index (κ2) is 6.02. The number of Topliss-reactive ketones (excluding diaryl/α,β-unsaturated/α-hetero) is 1. The molecular weight excluding hydrogens is 200 g/mol. The van der Waals surface area contributed by atoms with Crippen molar-refractivity contribution in [3.63, 3.8) is 0 Å². The summed E-state index contributed by atoms with van der Waals surface area (Å²) >= 11 is 0. The Kier molecular flexibility index (Phi) is 4.33. The van der Waals surface area contributed by atoms with Gasteiger partial charge in [-0.15, -0.1) is 0 Å². The van der Waals surface area contributed by atoms with Crippen molar-refractivity contribution in [1.29, 1.82) is 10.5 Å². The van der Waals surface area contributed by atoms with E-state index in [0.717, 1.165) is 0 Å². The standard InChI is InChI=1S/C13H8N2O/c14-8-2-1-4-11-5-3-6-12(10-11)13(16)7-9-15/h3,5-6,10H,2,7H2. The molecule has 0 unspecified atom stereocenters. The fourth-order valence-corrected chi connectivity index (χ4v) is 1.13. The van der Waals surface area contributed by atoms with Gasteiger partial charge in [-0.1, -0.05) is 24.0 Å². The van der Waals surface area contributed by atoms with Gasteiger partial charge in [-0.2, -0.15) is 10.5 Å². The first kappa shape index (κ1) is 11.5. The lowest BCUT2D eigenvalue weighted by Gasteiger charge is -1.96. The molecule has 0 aliphatic carbocycles. The van der Waals surface area contributed by atoms with Gasteiger partial charge < -0.3 is 0 Å². The molecule has 0 fully saturated rings. The van der Waals surface area contributed by atoms with Crippen molar-refractivity contribution in [3.05, 3.63) is 35.4 Å². The Morgan fingerprint density at radius 1 is 1.25 bits per heavy atom. The molecule has 0 aliphatic heterocycles. The van der Waals surface area contributed by atoms with Gasteiger partial charge in [0.15, 0.2) is 5.78 Å². The zero-order valence-corrected chi connectivity index (χ0v) is 8.53. The zero-order valence-electron chi connectivity index (χ0n) is 8.53. The van der Waals surface area contributed by atoms with E-state index in [1.165, 1.54) is 0 Å². The predicted octanol–water partition coefficient (Wildman–Crippen LogP) is 2.05. The summed E-state index contributed by atoms with van der Waals surface area (Å²) in [5.41, 5.74) is 1.16. The highest BCUT2D eigenvalue weighted by Gasteiger charge is 2.04. The molecule has 0 N–H and O–H groups in total. The second-order valence-electron chi connectivity index (χ2n) is 2.98. The van der Waals surface area contributed by atoms with Crippen LogP contribution in [0.3, 0.4) is 0 Å². The Balaban J connectivity index is 2.90. The van der Waals surface area contributed by atoms with Gasteiger partial charge in [0.2, 0.25) is 0 Å². The second-order valence-corrected chi connectivity index (χ2v) is 2.98. The molecule has 0 bridgehead atoms. The van der Waals surface area contributed by atoms with Gasteiger partial charge in [-0.25, -0.2) is 0 Å². The number of nitrogens with zero attached hydrogens (tertiary/aromatic N) is 2. The molecular formula is C13H8N2O. The van der Waals surface area contributed by atoms with E-state index in [1.807, 2.05) is 12.1 Å². The number of carbonyl (C=O) groups excluding carboxylic acids is 1. The largest absolute Gasteiger partial charge is 0.293 e. The third kappa shape index (κ3) is 3.29. The van der Waals surface area contributed by atoms with E-state index >= 15 is 0 Å². The summed E-state index contributed by atoms with van der Waals surface area (Å²) in [5.74, 6) is 5.22. The van der Waals surface area contributed by atoms with Gasteiger partial charge >= 0.3 is 0 Å². The maximum Gasteiger partial charge on any atom is 0.176 e. The molecule has 0 atom stereocenters. The van der Waals surface area contributed by atoms with Crippen LogP contribution in [0.25, 0.3) is 0 Å². The number of benzene rings is 1. The molecule has 0 heterocycles. The summed E-state index contributed by atoms with van der Waals surface area (Å²) in [7, 11) is 0. The van der Waals surface area contributed by atoms with Crippen LogP contribution in [0.1, 0.15) is 28.8 Å². The minimum atomic E-state index is -0.216. The van der Waals surface area contributed by atoms with Crippen LogP contribution in [0.2, 0.25) is 0 Å². The Bertz CT molecular complexity index is 536. The summed E-state index contributed by atoms with van der Waals surface area (Å²) < 4.78 is 0. The van der Waals surface area contributed by atoms with E-state index < -0.39 is 0 Å². The number of rotatable bonds is 2. The Morgan fingerprint density at radius 3 is 2.75 bits per heavy atom. The molecule has 1 rings (SSSR count). The SMILES string of the molecule is N#CCC#Cc1cccc(C(=O)CC#N)c1. The van der Waals surface area contributed by atoms with Gasteiger partial charge in [0, 0.05) is 11.1 Å². The van der Waals surface area contributed by atoms with Crippen LogP contribution in [0.5, 0.6) is 0 Å². The predicted molar refractivity (Wildman–Crippen MR) is 58.1 cm³/mol. The molecule has 3 nitrogen and oxygen atoms in total. The van der Waals surface area contributed by atoms with E-state index in [2.05, 4.69) is 11.8 Å². The molecule has 0 aromatic heterocycles. The van der Waals surface area contributed by atoms with Crippen molar-refractivity contribution in [2.45, 2.75) is 12.8 Å². The van der Waals surface area contributed by atoms with Crippen LogP contribution >= 0.6 is 0 Å². The molecule has 0 saturated carbocycles. The minimum absolute atomic E-state index is 0.130. The molecule has 76 valence electrons. The van der Waals surface area contributed by atoms with Crippen molar-refractivity contribution < 1.29 is 4.79 Å². The maximum absolute atomic E-state index is 11.4. The van der Waals surface area contributed by atoms with Gasteiger partial charge in [0.05, 0.1) is 25.0 Å². The van der Waals surface area contributed by atoms with Crippen molar-refractivity contribution in [2.75, 3.05) is 0 Å². The Hall–Kier alpha value is -2.57. The van der Waals surface area contributed by atoms with Crippen molar-refractivity contribution in [2.24, 2.45) is 0 Å². The van der Waals surface area contributed by atoms with E-state index in [-0.39, 0.29) is 18.6 Å². The van der Waals surface area contributed by atoms with Gasteiger partial charge in [-0.3, -0.25) is 4.79 Å². The fourth-order valence-electron chi connectivity index (χ4n) is 1.13. The zero-order chi connectivity index (χ0) is 11.8. The summed E-state index contributed by atoms with van der Waals surface area (Å²) in [5, 5.41) is 16.7. The third-order valence-electron chi connectivity index (χ3n) is 1.82. The summed E-state index contributed by atoms with van der Waals surface area (Å²) in [6.07, 6.45) is 0.0332.